The molecule has 1 aliphatic heterocycles. The Kier molecular flexibility index (Phi) is 9.06. The van der Waals surface area contributed by atoms with Crippen LogP contribution in [0.2, 0.25) is 0 Å². The average molecular weight is 837 g/mol. The molecule has 1 spiro atoms. The van der Waals surface area contributed by atoms with E-state index < -0.39 is 5.41 Å². The van der Waals surface area contributed by atoms with Crippen molar-refractivity contribution in [2.24, 2.45) is 0 Å². The number of pyridine rings is 1. The van der Waals surface area contributed by atoms with E-state index in [9.17, 15) is 0 Å². The Morgan fingerprint density at radius 2 is 0.859 bits per heavy atom. The van der Waals surface area contributed by atoms with Crippen LogP contribution in [0.15, 0.2) is 216 Å². The Balaban J connectivity index is 0.982. The van der Waals surface area contributed by atoms with Crippen LogP contribution in [0.3, 0.4) is 0 Å². The maximum Gasteiger partial charge on any atom is 0.164 e. The zero-order valence-corrected chi connectivity index (χ0v) is 36.1. The molecule has 0 saturated heterocycles. The van der Waals surface area contributed by atoms with E-state index >= 15 is 0 Å². The number of benzene rings is 8. The quantitative estimate of drug-likeness (QED) is 0.167. The molecule has 302 valence electrons. The van der Waals surface area contributed by atoms with Gasteiger partial charge in [0.05, 0.1) is 5.41 Å². The van der Waals surface area contributed by atoms with Gasteiger partial charge >= 0.3 is 0 Å². The van der Waals surface area contributed by atoms with E-state index in [-0.39, 0.29) is 0 Å². The lowest BCUT2D eigenvalue weighted by molar-refractivity contribution is 0.723. The first kappa shape index (κ1) is 38.0. The summed E-state index contributed by atoms with van der Waals surface area (Å²) in [6.45, 7) is 4.17. The predicted molar refractivity (Wildman–Crippen MR) is 261 cm³/mol. The van der Waals surface area contributed by atoms with Gasteiger partial charge in [0.25, 0.3) is 0 Å². The molecule has 8 aromatic carbocycles. The molecule has 0 radical (unpaired) electrons. The zero-order chi connectivity index (χ0) is 42.8. The van der Waals surface area contributed by atoms with E-state index in [1.54, 1.807) is 0 Å². The summed E-state index contributed by atoms with van der Waals surface area (Å²) >= 11 is 1.88. The van der Waals surface area contributed by atoms with E-state index in [4.69, 9.17) is 15.0 Å². The summed E-state index contributed by atoms with van der Waals surface area (Å²) in [6, 6.07) is 72.2. The van der Waals surface area contributed by atoms with E-state index in [1.807, 2.05) is 54.4 Å². The highest BCUT2D eigenvalue weighted by Crippen LogP contribution is 2.63. The third kappa shape index (κ3) is 6.15. The molecule has 1 unspecified atom stereocenters. The summed E-state index contributed by atoms with van der Waals surface area (Å²) in [7, 11) is 0. The van der Waals surface area contributed by atoms with Gasteiger partial charge in [-0.25, -0.2) is 15.0 Å². The lowest BCUT2D eigenvalue weighted by Crippen LogP contribution is -2.32. The van der Waals surface area contributed by atoms with Crippen molar-refractivity contribution in [1.82, 2.24) is 19.9 Å². The van der Waals surface area contributed by atoms with Crippen molar-refractivity contribution in [3.63, 3.8) is 0 Å². The van der Waals surface area contributed by atoms with Crippen molar-refractivity contribution in [3.05, 3.63) is 240 Å². The van der Waals surface area contributed by atoms with Crippen LogP contribution in [0.4, 0.5) is 0 Å². The third-order valence-corrected chi connectivity index (χ3v) is 14.1. The first-order valence-electron chi connectivity index (χ1n) is 21.7. The van der Waals surface area contributed by atoms with Gasteiger partial charge in [-0.1, -0.05) is 194 Å². The van der Waals surface area contributed by atoms with Gasteiger partial charge in [0, 0.05) is 43.9 Å². The van der Waals surface area contributed by atoms with Crippen molar-refractivity contribution in [2.75, 3.05) is 0 Å². The Labute approximate surface area is 377 Å². The maximum absolute atomic E-state index is 5.12. The van der Waals surface area contributed by atoms with Gasteiger partial charge in [-0.2, -0.15) is 0 Å². The molecule has 64 heavy (non-hydrogen) atoms. The molecule has 2 aliphatic rings. The van der Waals surface area contributed by atoms with Crippen LogP contribution in [0, 0.1) is 13.8 Å². The number of hydrogen-bond donors (Lipinski definition) is 0. The number of hydrogen-bond acceptors (Lipinski definition) is 5. The van der Waals surface area contributed by atoms with E-state index in [1.165, 1.54) is 76.6 Å². The molecule has 3 heterocycles. The molecule has 10 aromatic rings. The number of aromatic nitrogens is 4. The van der Waals surface area contributed by atoms with Crippen LogP contribution in [0.1, 0.15) is 33.5 Å². The highest BCUT2D eigenvalue weighted by atomic mass is 32.2. The summed E-state index contributed by atoms with van der Waals surface area (Å²) in [5, 5.41) is 0. The van der Waals surface area contributed by atoms with Crippen molar-refractivity contribution < 1.29 is 0 Å². The number of rotatable bonds is 6. The molecular formula is C59H40N4S. The van der Waals surface area contributed by atoms with Gasteiger partial charge in [0.1, 0.15) is 0 Å². The Bertz CT molecular complexity index is 3360. The van der Waals surface area contributed by atoms with Crippen molar-refractivity contribution in [1.29, 1.82) is 0 Å². The second-order valence-electron chi connectivity index (χ2n) is 16.7. The summed E-state index contributed by atoms with van der Waals surface area (Å²) < 4.78 is 0. The second kappa shape index (κ2) is 15.3. The molecule has 2 aromatic heterocycles. The van der Waals surface area contributed by atoms with Crippen LogP contribution in [-0.4, -0.2) is 19.9 Å². The van der Waals surface area contributed by atoms with Gasteiger partial charge in [-0.15, -0.1) is 0 Å². The van der Waals surface area contributed by atoms with Gasteiger partial charge in [-0.05, 0) is 98.8 Å². The lowest BCUT2D eigenvalue weighted by atomic mass is 9.67. The fourth-order valence-corrected chi connectivity index (χ4v) is 11.2. The van der Waals surface area contributed by atoms with Crippen LogP contribution in [0.25, 0.3) is 78.7 Å². The smallest absolute Gasteiger partial charge is 0.164 e. The summed E-state index contributed by atoms with van der Waals surface area (Å²) in [4.78, 5) is 22.4. The van der Waals surface area contributed by atoms with Crippen molar-refractivity contribution in [3.8, 4) is 78.7 Å². The largest absolute Gasteiger partial charge is 0.261 e. The number of aryl methyl sites for hydroxylation is 2. The molecule has 1 aliphatic carbocycles. The summed E-state index contributed by atoms with van der Waals surface area (Å²) in [5.74, 6) is 1.95. The third-order valence-electron chi connectivity index (χ3n) is 12.9. The molecule has 1 atom stereocenters. The van der Waals surface area contributed by atoms with E-state index in [0.29, 0.717) is 17.5 Å². The molecule has 0 N–H and O–H groups in total. The van der Waals surface area contributed by atoms with E-state index in [0.717, 1.165) is 27.9 Å². The molecule has 12 rings (SSSR count). The van der Waals surface area contributed by atoms with Crippen LogP contribution >= 0.6 is 11.8 Å². The summed E-state index contributed by atoms with van der Waals surface area (Å²) in [6.07, 6.45) is 1.93. The molecule has 0 amide bonds. The predicted octanol–water partition coefficient (Wildman–Crippen LogP) is 14.7. The molecule has 5 heteroatoms. The maximum atomic E-state index is 5.12. The molecule has 0 bridgehead atoms. The summed E-state index contributed by atoms with van der Waals surface area (Å²) in [5.41, 5.74) is 19.3. The van der Waals surface area contributed by atoms with Crippen molar-refractivity contribution >= 4 is 11.8 Å². The number of nitrogens with zero attached hydrogens (tertiary/aromatic N) is 4. The van der Waals surface area contributed by atoms with Crippen LogP contribution in [-0.2, 0) is 5.41 Å². The van der Waals surface area contributed by atoms with Gasteiger partial charge in [0.15, 0.2) is 17.5 Å². The Hall–Kier alpha value is -7.73. The highest BCUT2D eigenvalue weighted by molar-refractivity contribution is 7.99. The average Bonchev–Trinajstić information content (AvgIpc) is 3.65. The number of fused-ring (bicyclic) bond motifs is 9. The van der Waals surface area contributed by atoms with E-state index in [2.05, 4.69) is 183 Å². The van der Waals surface area contributed by atoms with Crippen LogP contribution in [0.5, 0.6) is 0 Å². The lowest BCUT2D eigenvalue weighted by Gasteiger charge is -2.40. The molecular weight excluding hydrogens is 797 g/mol. The topological polar surface area (TPSA) is 51.6 Å². The fraction of sp³-hybridized carbons (Fsp3) is 0.0508. The monoisotopic (exact) mass is 836 g/mol. The SMILES string of the molecule is Cc1cnc(C)c(-c2ccc(-c3ccc(-c4cccc5c4Sc4ccccc4C54c5ccccc5-c5cc(-c6nc(-c7ccccc7)nc(-c7ccccc7)n6)ccc54)cc3)cc2)c1. The Morgan fingerprint density at radius 1 is 0.359 bits per heavy atom. The Morgan fingerprint density at radius 3 is 1.53 bits per heavy atom. The normalized spacial score (nSPS) is 14.4. The minimum absolute atomic E-state index is 0.534. The minimum atomic E-state index is -0.534. The second-order valence-corrected chi connectivity index (χ2v) is 17.7. The van der Waals surface area contributed by atoms with Gasteiger partial charge in [-0.3, -0.25) is 4.98 Å². The molecule has 4 nitrogen and oxygen atoms in total. The highest BCUT2D eigenvalue weighted by Gasteiger charge is 2.50. The first-order chi connectivity index (χ1) is 31.5. The fourth-order valence-electron chi connectivity index (χ4n) is 9.85. The minimum Gasteiger partial charge on any atom is -0.261 e. The molecule has 0 saturated carbocycles. The zero-order valence-electron chi connectivity index (χ0n) is 35.3. The van der Waals surface area contributed by atoms with Gasteiger partial charge in [0.2, 0.25) is 0 Å². The standard InChI is InChI=1S/C59H40N4S/c1-37-34-48(38(2)60-36-37)42-30-26-40(27-31-42)39-24-28-41(29-25-39)46-19-13-22-53-55(46)64-54-23-12-11-21-52(54)59(53)50-20-10-9-18-47(50)49-35-45(32-33-51(49)59)58-62-56(43-14-5-3-6-15-43)61-57(63-58)44-16-7-4-8-17-44/h3-36H,1-2H3. The molecule has 0 fully saturated rings. The first-order valence-corrected chi connectivity index (χ1v) is 22.5. The van der Waals surface area contributed by atoms with Crippen molar-refractivity contribution in [2.45, 2.75) is 29.1 Å². The van der Waals surface area contributed by atoms with Crippen LogP contribution < -0.4 is 0 Å². The van der Waals surface area contributed by atoms with Gasteiger partial charge < -0.3 is 0 Å².